The minimum absolute atomic E-state index is 0.0699. The zero-order valence-electron chi connectivity index (χ0n) is 16.9. The predicted octanol–water partition coefficient (Wildman–Crippen LogP) is 5.28. The number of benzene rings is 2. The number of anilines is 1. The highest BCUT2D eigenvalue weighted by molar-refractivity contribution is 7.99. The highest BCUT2D eigenvalue weighted by atomic mass is 35.5. The Bertz CT molecular complexity index is 1010. The largest absolute Gasteiger partial charge is 0.494 e. The molecule has 0 atom stereocenters. The van der Waals surface area contributed by atoms with Crippen LogP contribution in [-0.4, -0.2) is 55.8 Å². The van der Waals surface area contributed by atoms with Crippen molar-refractivity contribution in [1.82, 2.24) is 9.88 Å². The van der Waals surface area contributed by atoms with E-state index in [0.29, 0.717) is 33.5 Å². The van der Waals surface area contributed by atoms with E-state index in [1.165, 1.54) is 11.3 Å². The summed E-state index contributed by atoms with van der Waals surface area (Å²) in [6.45, 7) is 3.34. The molecule has 8 heteroatoms. The molecule has 29 heavy (non-hydrogen) atoms. The predicted molar refractivity (Wildman–Crippen MR) is 124 cm³/mol. The molecule has 0 spiro atoms. The zero-order chi connectivity index (χ0) is 21.0. The summed E-state index contributed by atoms with van der Waals surface area (Å²) in [5.74, 6) is 1.53. The summed E-state index contributed by atoms with van der Waals surface area (Å²) in [6.07, 6.45) is 0. The molecule has 0 saturated carbocycles. The average molecular weight is 450 g/mol. The lowest BCUT2D eigenvalue weighted by atomic mass is 10.2. The molecule has 3 rings (SSSR count). The van der Waals surface area contributed by atoms with Crippen molar-refractivity contribution in [3.05, 3.63) is 47.0 Å². The molecule has 0 aliphatic carbocycles. The molecule has 0 aliphatic heterocycles. The first-order chi connectivity index (χ1) is 13.9. The maximum atomic E-state index is 13.4. The van der Waals surface area contributed by atoms with E-state index in [-0.39, 0.29) is 5.91 Å². The SMILES string of the molecule is CCSc1cccc(C(=O)N(CCN(C)C)c2nc3c(OC)ccc(Cl)c3s2)c1. The molecule has 154 valence electrons. The number of methoxy groups -OCH3 is 1. The third-order valence-electron chi connectivity index (χ3n) is 4.31. The lowest BCUT2D eigenvalue weighted by molar-refractivity contribution is 0.0985. The second-order valence-electron chi connectivity index (χ2n) is 6.64. The number of thiazole rings is 1. The Hall–Kier alpha value is -1.80. The molecule has 1 heterocycles. The number of carbonyl (C=O) groups is 1. The fourth-order valence-corrected chi connectivity index (χ4v) is 4.85. The monoisotopic (exact) mass is 449 g/mol. The number of fused-ring (bicyclic) bond motifs is 1. The van der Waals surface area contributed by atoms with Crippen LogP contribution in [0.15, 0.2) is 41.3 Å². The van der Waals surface area contributed by atoms with Crippen LogP contribution in [0.5, 0.6) is 5.75 Å². The molecule has 0 fully saturated rings. The van der Waals surface area contributed by atoms with Crippen LogP contribution in [0.1, 0.15) is 17.3 Å². The quantitative estimate of drug-likeness (QED) is 0.438. The van der Waals surface area contributed by atoms with Gasteiger partial charge in [-0.3, -0.25) is 9.69 Å². The molecule has 5 nitrogen and oxygen atoms in total. The van der Waals surface area contributed by atoms with Crippen LogP contribution in [0.4, 0.5) is 5.13 Å². The van der Waals surface area contributed by atoms with E-state index in [2.05, 4.69) is 6.92 Å². The number of likely N-dealkylation sites (N-methyl/N-ethyl adjacent to an activating group) is 1. The fraction of sp³-hybridized carbons (Fsp3) is 0.333. The van der Waals surface area contributed by atoms with Gasteiger partial charge in [0, 0.05) is 23.5 Å². The normalized spacial score (nSPS) is 11.2. The van der Waals surface area contributed by atoms with Crippen molar-refractivity contribution < 1.29 is 9.53 Å². The number of rotatable bonds is 8. The van der Waals surface area contributed by atoms with Gasteiger partial charge in [0.15, 0.2) is 5.13 Å². The Balaban J connectivity index is 2.03. The van der Waals surface area contributed by atoms with Gasteiger partial charge in [-0.05, 0) is 50.2 Å². The molecule has 3 aromatic rings. The Labute approximate surface area is 184 Å². The summed E-state index contributed by atoms with van der Waals surface area (Å²) in [5, 5.41) is 1.22. The van der Waals surface area contributed by atoms with Crippen LogP contribution in [0.3, 0.4) is 0 Å². The molecule has 2 aromatic carbocycles. The van der Waals surface area contributed by atoms with E-state index in [1.54, 1.807) is 35.9 Å². The highest BCUT2D eigenvalue weighted by Crippen LogP contribution is 2.39. The van der Waals surface area contributed by atoms with Crippen molar-refractivity contribution >= 4 is 56.0 Å². The Kier molecular flexibility index (Phi) is 7.40. The topological polar surface area (TPSA) is 45.7 Å². The third kappa shape index (κ3) is 5.04. The van der Waals surface area contributed by atoms with Gasteiger partial charge in [0.1, 0.15) is 11.3 Å². The molecular formula is C21H24ClN3O2S2. The maximum absolute atomic E-state index is 13.4. The summed E-state index contributed by atoms with van der Waals surface area (Å²) in [5.41, 5.74) is 1.33. The zero-order valence-corrected chi connectivity index (χ0v) is 19.3. The van der Waals surface area contributed by atoms with E-state index in [9.17, 15) is 4.79 Å². The smallest absolute Gasteiger partial charge is 0.260 e. The first kappa shape index (κ1) is 21.9. The minimum atomic E-state index is -0.0699. The molecule has 1 aromatic heterocycles. The molecule has 1 amide bonds. The second kappa shape index (κ2) is 9.80. The average Bonchev–Trinajstić information content (AvgIpc) is 3.14. The van der Waals surface area contributed by atoms with E-state index in [4.69, 9.17) is 21.3 Å². The molecule has 0 bridgehead atoms. The lowest BCUT2D eigenvalue weighted by Crippen LogP contribution is -2.36. The van der Waals surface area contributed by atoms with Gasteiger partial charge in [-0.15, -0.1) is 11.8 Å². The highest BCUT2D eigenvalue weighted by Gasteiger charge is 2.23. The summed E-state index contributed by atoms with van der Waals surface area (Å²) >= 11 is 9.51. The van der Waals surface area contributed by atoms with E-state index in [1.807, 2.05) is 43.3 Å². The number of hydrogen-bond acceptors (Lipinski definition) is 6. The molecule has 0 radical (unpaired) electrons. The number of ether oxygens (including phenoxy) is 1. The van der Waals surface area contributed by atoms with E-state index in [0.717, 1.165) is 21.9 Å². The summed E-state index contributed by atoms with van der Waals surface area (Å²) in [7, 11) is 5.58. The molecule has 0 aliphatic rings. The van der Waals surface area contributed by atoms with Crippen molar-refractivity contribution in [1.29, 1.82) is 0 Å². The number of amides is 1. The van der Waals surface area contributed by atoms with E-state index < -0.39 is 0 Å². The Morgan fingerprint density at radius 2 is 2.03 bits per heavy atom. The van der Waals surface area contributed by atoms with Gasteiger partial charge in [0.25, 0.3) is 5.91 Å². The van der Waals surface area contributed by atoms with Crippen LogP contribution in [0.2, 0.25) is 5.02 Å². The second-order valence-corrected chi connectivity index (χ2v) is 9.37. The number of hydrogen-bond donors (Lipinski definition) is 0. The number of carbonyl (C=O) groups excluding carboxylic acids is 1. The van der Waals surface area contributed by atoms with Crippen molar-refractivity contribution in [3.8, 4) is 5.75 Å². The van der Waals surface area contributed by atoms with Gasteiger partial charge in [0.05, 0.1) is 16.8 Å². The fourth-order valence-electron chi connectivity index (χ4n) is 2.85. The molecule has 0 unspecified atom stereocenters. The minimum Gasteiger partial charge on any atom is -0.494 e. The van der Waals surface area contributed by atoms with Gasteiger partial charge in [-0.25, -0.2) is 4.98 Å². The molecule has 0 saturated heterocycles. The van der Waals surface area contributed by atoms with Crippen LogP contribution in [0, 0.1) is 0 Å². The van der Waals surface area contributed by atoms with Crippen LogP contribution >= 0.6 is 34.7 Å². The number of thioether (sulfide) groups is 1. The van der Waals surface area contributed by atoms with Crippen molar-refractivity contribution in [2.75, 3.05) is 44.9 Å². The number of halogens is 1. The number of aromatic nitrogens is 1. The van der Waals surface area contributed by atoms with Crippen LogP contribution in [0.25, 0.3) is 10.2 Å². The maximum Gasteiger partial charge on any atom is 0.260 e. The summed E-state index contributed by atoms with van der Waals surface area (Å²) < 4.78 is 6.25. The van der Waals surface area contributed by atoms with Crippen molar-refractivity contribution in [2.45, 2.75) is 11.8 Å². The standard InChI is InChI=1S/C21H24ClN3O2S2/c1-5-28-15-8-6-7-14(13-15)20(26)25(12-11-24(2)3)21-23-18-17(27-4)10-9-16(22)19(18)29-21/h6-10,13H,5,11-12H2,1-4H3. The van der Waals surface area contributed by atoms with Crippen LogP contribution < -0.4 is 9.64 Å². The summed E-state index contributed by atoms with van der Waals surface area (Å²) in [4.78, 5) is 23.0. The Morgan fingerprint density at radius 3 is 2.72 bits per heavy atom. The van der Waals surface area contributed by atoms with E-state index >= 15 is 0 Å². The van der Waals surface area contributed by atoms with Gasteiger partial charge >= 0.3 is 0 Å². The van der Waals surface area contributed by atoms with Crippen LogP contribution in [-0.2, 0) is 0 Å². The van der Waals surface area contributed by atoms with Gasteiger partial charge in [-0.2, -0.15) is 0 Å². The third-order valence-corrected chi connectivity index (χ3v) is 6.72. The number of nitrogens with zero attached hydrogens (tertiary/aromatic N) is 3. The van der Waals surface area contributed by atoms with Crippen molar-refractivity contribution in [2.24, 2.45) is 0 Å². The van der Waals surface area contributed by atoms with Gasteiger partial charge in [-0.1, -0.05) is 35.9 Å². The molecular weight excluding hydrogens is 426 g/mol. The molecule has 0 N–H and O–H groups in total. The summed E-state index contributed by atoms with van der Waals surface area (Å²) in [6, 6.07) is 11.3. The van der Waals surface area contributed by atoms with Gasteiger partial charge < -0.3 is 9.64 Å². The first-order valence-corrected chi connectivity index (χ1v) is 11.4. The lowest BCUT2D eigenvalue weighted by Gasteiger charge is -2.22. The van der Waals surface area contributed by atoms with Gasteiger partial charge in [0.2, 0.25) is 0 Å². The Morgan fingerprint density at radius 1 is 1.24 bits per heavy atom. The first-order valence-electron chi connectivity index (χ1n) is 9.27. The van der Waals surface area contributed by atoms with Crippen molar-refractivity contribution in [3.63, 3.8) is 0 Å².